The Morgan fingerprint density at radius 1 is 0.714 bits per heavy atom. The minimum atomic E-state index is -1.24. The van der Waals surface area contributed by atoms with Gasteiger partial charge in [-0.25, -0.2) is 4.79 Å². The first-order valence-corrected chi connectivity index (χ1v) is 13.3. The van der Waals surface area contributed by atoms with Gasteiger partial charge in [-0.1, -0.05) is 71.1 Å². The summed E-state index contributed by atoms with van der Waals surface area (Å²) in [4.78, 5) is 58.1. The van der Waals surface area contributed by atoms with E-state index in [1.807, 2.05) is 0 Å². The molecule has 0 spiro atoms. The third-order valence-electron chi connectivity index (χ3n) is 5.55. The van der Waals surface area contributed by atoms with E-state index in [4.69, 9.17) is 5.11 Å². The summed E-state index contributed by atoms with van der Waals surface area (Å²) in [5.74, 6) is -4.19. The molecule has 2 atom stereocenters. The SMILES string of the molecule is CCCCCCCCCCCCCC(=O)N[C@@H](CCC(=O)N[C@@H](CS)C(=O)NCC(=O)O)C(=O)O. The van der Waals surface area contributed by atoms with Crippen LogP contribution >= 0.6 is 12.6 Å². The van der Waals surface area contributed by atoms with Crippen LogP contribution in [0.15, 0.2) is 0 Å². The Balaban J connectivity index is 4.13. The Labute approximate surface area is 213 Å². The van der Waals surface area contributed by atoms with Gasteiger partial charge in [0, 0.05) is 18.6 Å². The molecular weight excluding hydrogens is 474 g/mol. The maximum atomic E-state index is 12.1. The molecule has 0 saturated heterocycles. The van der Waals surface area contributed by atoms with E-state index in [1.165, 1.54) is 44.9 Å². The highest BCUT2D eigenvalue weighted by Gasteiger charge is 2.23. The molecule has 0 rings (SSSR count). The lowest BCUT2D eigenvalue weighted by Crippen LogP contribution is -2.49. The summed E-state index contributed by atoms with van der Waals surface area (Å²) >= 11 is 3.97. The Hall–Kier alpha value is -2.30. The van der Waals surface area contributed by atoms with Gasteiger partial charge in [0.1, 0.15) is 18.6 Å². The number of amides is 3. The van der Waals surface area contributed by atoms with Crippen LogP contribution in [0.2, 0.25) is 0 Å². The molecule has 0 aromatic rings. The predicted molar refractivity (Wildman–Crippen MR) is 136 cm³/mol. The molecule has 10 nitrogen and oxygen atoms in total. The molecule has 0 unspecified atom stereocenters. The van der Waals surface area contributed by atoms with Crippen molar-refractivity contribution < 1.29 is 34.2 Å². The Kier molecular flexibility index (Phi) is 19.6. The summed E-state index contributed by atoms with van der Waals surface area (Å²) in [7, 11) is 0. The number of rotatable bonds is 22. The van der Waals surface area contributed by atoms with E-state index in [2.05, 4.69) is 35.5 Å². The standard InChI is InChI=1S/C24H43N3O7S/c1-2-3-4-5-6-7-8-9-10-11-12-13-20(28)26-18(24(33)34)14-15-21(29)27-19(17-35)23(32)25-16-22(30)31/h18-19,35H,2-17H2,1H3,(H,25,32)(H,26,28)(H,27,29)(H,30,31)(H,33,34)/t18-,19-/m0/s1. The first kappa shape index (κ1) is 32.7. The van der Waals surface area contributed by atoms with Crippen molar-refractivity contribution in [2.75, 3.05) is 12.3 Å². The highest BCUT2D eigenvalue weighted by Crippen LogP contribution is 2.12. The maximum absolute atomic E-state index is 12.1. The highest BCUT2D eigenvalue weighted by molar-refractivity contribution is 7.80. The van der Waals surface area contributed by atoms with Gasteiger partial charge in [-0.2, -0.15) is 12.6 Å². The third-order valence-corrected chi connectivity index (χ3v) is 5.91. The number of carboxylic acid groups (broad SMARTS) is 2. The number of hydrogen-bond donors (Lipinski definition) is 6. The lowest BCUT2D eigenvalue weighted by atomic mass is 10.0. The molecule has 0 saturated carbocycles. The summed E-state index contributed by atoms with van der Waals surface area (Å²) in [6.45, 7) is 1.62. The first-order chi connectivity index (χ1) is 16.7. The van der Waals surface area contributed by atoms with Gasteiger partial charge in [-0.3, -0.25) is 19.2 Å². The zero-order valence-corrected chi connectivity index (χ0v) is 21.7. The monoisotopic (exact) mass is 517 g/mol. The topological polar surface area (TPSA) is 162 Å². The van der Waals surface area contributed by atoms with E-state index in [9.17, 15) is 29.1 Å². The largest absolute Gasteiger partial charge is 0.480 e. The van der Waals surface area contributed by atoms with Crippen LogP contribution in [0.4, 0.5) is 0 Å². The van der Waals surface area contributed by atoms with Crippen LogP contribution < -0.4 is 16.0 Å². The van der Waals surface area contributed by atoms with Gasteiger partial charge in [0.2, 0.25) is 17.7 Å². The van der Waals surface area contributed by atoms with Gasteiger partial charge in [0.15, 0.2) is 0 Å². The fraction of sp³-hybridized carbons (Fsp3) is 0.792. The molecule has 5 N–H and O–H groups in total. The average Bonchev–Trinajstić information content (AvgIpc) is 2.81. The zero-order valence-electron chi connectivity index (χ0n) is 20.9. The van der Waals surface area contributed by atoms with E-state index in [-0.39, 0.29) is 30.9 Å². The van der Waals surface area contributed by atoms with Gasteiger partial charge in [0.25, 0.3) is 0 Å². The van der Waals surface area contributed by atoms with Gasteiger partial charge in [0.05, 0.1) is 0 Å². The average molecular weight is 518 g/mol. The molecule has 35 heavy (non-hydrogen) atoms. The van der Waals surface area contributed by atoms with Crippen molar-refractivity contribution in [1.82, 2.24) is 16.0 Å². The number of unbranched alkanes of at least 4 members (excludes halogenated alkanes) is 10. The number of carboxylic acids is 2. The summed E-state index contributed by atoms with van der Waals surface area (Å²) in [5, 5.41) is 24.9. The van der Waals surface area contributed by atoms with E-state index >= 15 is 0 Å². The van der Waals surface area contributed by atoms with Crippen LogP contribution in [0, 0.1) is 0 Å². The van der Waals surface area contributed by atoms with Crippen molar-refractivity contribution in [3.8, 4) is 0 Å². The summed E-state index contributed by atoms with van der Waals surface area (Å²) < 4.78 is 0. The van der Waals surface area contributed by atoms with E-state index in [0.29, 0.717) is 6.42 Å². The first-order valence-electron chi connectivity index (χ1n) is 12.6. The molecule has 0 aromatic heterocycles. The molecule has 3 amide bonds. The molecule has 0 aliphatic heterocycles. The fourth-order valence-electron chi connectivity index (χ4n) is 3.50. The molecule has 0 bridgehead atoms. The van der Waals surface area contributed by atoms with Crippen LogP contribution in [0.25, 0.3) is 0 Å². The third kappa shape index (κ3) is 18.7. The van der Waals surface area contributed by atoms with Crippen molar-refractivity contribution in [2.45, 2.75) is 109 Å². The van der Waals surface area contributed by atoms with Crippen LogP contribution in [0.5, 0.6) is 0 Å². The lowest BCUT2D eigenvalue weighted by Gasteiger charge is -2.17. The highest BCUT2D eigenvalue weighted by atomic mass is 32.1. The molecule has 0 radical (unpaired) electrons. The molecule has 0 heterocycles. The van der Waals surface area contributed by atoms with Crippen LogP contribution in [-0.4, -0.2) is 64.3 Å². The van der Waals surface area contributed by atoms with Crippen molar-refractivity contribution in [2.24, 2.45) is 0 Å². The quantitative estimate of drug-likeness (QED) is 0.0950. The van der Waals surface area contributed by atoms with Crippen LogP contribution in [-0.2, 0) is 24.0 Å². The summed E-state index contributed by atoms with van der Waals surface area (Å²) in [6, 6.07) is -2.26. The van der Waals surface area contributed by atoms with Gasteiger partial charge in [-0.15, -0.1) is 0 Å². The van der Waals surface area contributed by atoms with E-state index in [1.54, 1.807) is 0 Å². The Bertz CT molecular complexity index is 661. The van der Waals surface area contributed by atoms with Crippen LogP contribution in [0.3, 0.4) is 0 Å². The number of nitrogens with one attached hydrogen (secondary N) is 3. The smallest absolute Gasteiger partial charge is 0.326 e. The lowest BCUT2D eigenvalue weighted by molar-refractivity contribution is -0.142. The summed E-state index contributed by atoms with van der Waals surface area (Å²) in [6.07, 6.45) is 12.6. The second-order valence-electron chi connectivity index (χ2n) is 8.70. The molecular formula is C24H43N3O7S. The maximum Gasteiger partial charge on any atom is 0.326 e. The number of hydrogen-bond acceptors (Lipinski definition) is 6. The number of carbonyl (C=O) groups excluding carboxylic acids is 3. The van der Waals surface area contributed by atoms with Crippen molar-refractivity contribution in [1.29, 1.82) is 0 Å². The second kappa shape index (κ2) is 21.0. The van der Waals surface area contributed by atoms with Gasteiger partial charge in [-0.05, 0) is 12.8 Å². The van der Waals surface area contributed by atoms with Crippen molar-refractivity contribution in [3.63, 3.8) is 0 Å². The fourth-order valence-corrected chi connectivity index (χ4v) is 3.75. The second-order valence-corrected chi connectivity index (χ2v) is 9.06. The predicted octanol–water partition coefficient (Wildman–Crippen LogP) is 2.65. The van der Waals surface area contributed by atoms with Crippen molar-refractivity contribution >= 4 is 42.3 Å². The minimum Gasteiger partial charge on any atom is -0.480 e. The number of aliphatic carboxylic acids is 2. The Morgan fingerprint density at radius 2 is 1.20 bits per heavy atom. The van der Waals surface area contributed by atoms with E-state index < -0.39 is 42.4 Å². The number of thiol groups is 1. The van der Waals surface area contributed by atoms with Gasteiger partial charge < -0.3 is 26.2 Å². The molecule has 0 fully saturated rings. The molecule has 0 aliphatic carbocycles. The van der Waals surface area contributed by atoms with Crippen LogP contribution in [0.1, 0.15) is 96.8 Å². The zero-order chi connectivity index (χ0) is 26.5. The number of carbonyl (C=O) groups is 5. The minimum absolute atomic E-state index is 0.0603. The summed E-state index contributed by atoms with van der Waals surface area (Å²) in [5.41, 5.74) is 0. The molecule has 0 aliphatic rings. The normalized spacial score (nSPS) is 12.4. The van der Waals surface area contributed by atoms with Gasteiger partial charge >= 0.3 is 11.9 Å². The molecule has 0 aromatic carbocycles. The molecule has 202 valence electrons. The van der Waals surface area contributed by atoms with Crippen molar-refractivity contribution in [3.05, 3.63) is 0 Å². The molecule has 11 heteroatoms. The van der Waals surface area contributed by atoms with E-state index in [0.717, 1.165) is 19.3 Å². The Morgan fingerprint density at radius 3 is 1.69 bits per heavy atom.